The summed E-state index contributed by atoms with van der Waals surface area (Å²) in [7, 11) is -3.58. The average molecular weight is 350 g/mol. The highest BCUT2D eigenvalue weighted by Crippen LogP contribution is 2.26. The van der Waals surface area contributed by atoms with E-state index in [2.05, 4.69) is 9.82 Å². The predicted octanol–water partition coefficient (Wildman–Crippen LogP) is 3.23. The number of nitrogens with one attached hydrogen (secondary N) is 1. The van der Waals surface area contributed by atoms with E-state index in [1.807, 2.05) is 59.2 Å². The summed E-state index contributed by atoms with van der Waals surface area (Å²) in [6.07, 6.45) is 0. The summed E-state index contributed by atoms with van der Waals surface area (Å²) in [4.78, 5) is 0.401. The summed E-state index contributed by atoms with van der Waals surface area (Å²) in [6, 6.07) is 2.03. The molecule has 1 N–H and O–H groups in total. The zero-order valence-corrected chi connectivity index (χ0v) is 16.4. The van der Waals surface area contributed by atoms with Gasteiger partial charge < -0.3 is 0 Å². The van der Waals surface area contributed by atoms with E-state index < -0.39 is 10.0 Å². The van der Waals surface area contributed by atoms with Crippen LogP contribution in [0.25, 0.3) is 0 Å². The lowest BCUT2D eigenvalue weighted by Gasteiger charge is -2.16. The molecular formula is C18H27N3O2S. The molecule has 0 aliphatic heterocycles. The van der Waals surface area contributed by atoms with Gasteiger partial charge in [-0.25, -0.2) is 13.1 Å². The molecule has 0 aliphatic rings. The second kappa shape index (κ2) is 6.69. The topological polar surface area (TPSA) is 64.0 Å². The SMILES string of the molecule is CCn1nc(C)c(CNS(=O)(=O)c2c(C)c(C)cc(C)c2C)c1C. The van der Waals surface area contributed by atoms with Crippen LogP contribution in [0, 0.1) is 41.5 Å². The fraction of sp³-hybridized carbons (Fsp3) is 0.500. The van der Waals surface area contributed by atoms with E-state index >= 15 is 0 Å². The van der Waals surface area contributed by atoms with Crippen LogP contribution in [0.4, 0.5) is 0 Å². The normalized spacial score (nSPS) is 12.0. The van der Waals surface area contributed by atoms with Gasteiger partial charge in [0.15, 0.2) is 0 Å². The van der Waals surface area contributed by atoms with Crippen LogP contribution in [0.2, 0.25) is 0 Å². The first-order chi connectivity index (χ1) is 11.1. The number of sulfonamides is 1. The number of benzene rings is 1. The molecule has 0 saturated heterocycles. The van der Waals surface area contributed by atoms with Crippen molar-refractivity contribution < 1.29 is 8.42 Å². The first-order valence-electron chi connectivity index (χ1n) is 8.20. The molecule has 1 aromatic heterocycles. The van der Waals surface area contributed by atoms with E-state index in [4.69, 9.17) is 0 Å². The highest BCUT2D eigenvalue weighted by molar-refractivity contribution is 7.89. The van der Waals surface area contributed by atoms with Gasteiger partial charge in [0, 0.05) is 24.3 Å². The van der Waals surface area contributed by atoms with Gasteiger partial charge in [0.05, 0.1) is 10.6 Å². The van der Waals surface area contributed by atoms with Crippen LogP contribution in [0.1, 0.15) is 46.1 Å². The Morgan fingerprint density at radius 1 is 1.04 bits per heavy atom. The van der Waals surface area contributed by atoms with Crippen molar-refractivity contribution in [2.24, 2.45) is 0 Å². The van der Waals surface area contributed by atoms with Crippen molar-refractivity contribution in [2.75, 3.05) is 0 Å². The average Bonchev–Trinajstić information content (AvgIpc) is 2.77. The molecule has 2 rings (SSSR count). The Kier molecular flexibility index (Phi) is 5.20. The largest absolute Gasteiger partial charge is 0.270 e. The number of nitrogens with zero attached hydrogens (tertiary/aromatic N) is 2. The third-order valence-electron chi connectivity index (χ3n) is 4.84. The van der Waals surface area contributed by atoms with E-state index in [1.165, 1.54) is 0 Å². The Bertz CT molecular complexity index is 854. The molecular weight excluding hydrogens is 322 g/mol. The molecule has 0 atom stereocenters. The lowest BCUT2D eigenvalue weighted by Crippen LogP contribution is -2.26. The summed E-state index contributed by atoms with van der Waals surface area (Å²) < 4.78 is 30.5. The van der Waals surface area contributed by atoms with Crippen LogP contribution in [0.5, 0.6) is 0 Å². The molecule has 1 aromatic carbocycles. The lowest BCUT2D eigenvalue weighted by molar-refractivity contribution is 0.579. The molecule has 2 aromatic rings. The Balaban J connectivity index is 2.39. The molecule has 0 amide bonds. The number of rotatable bonds is 5. The molecule has 0 aliphatic carbocycles. The van der Waals surface area contributed by atoms with Gasteiger partial charge in [0.2, 0.25) is 10.0 Å². The summed E-state index contributed by atoms with van der Waals surface area (Å²) in [5.41, 5.74) is 6.42. The van der Waals surface area contributed by atoms with Crippen LogP contribution in [0.15, 0.2) is 11.0 Å². The summed E-state index contributed by atoms with van der Waals surface area (Å²) in [5.74, 6) is 0. The Hall–Kier alpha value is -1.66. The van der Waals surface area contributed by atoms with Gasteiger partial charge in [-0.1, -0.05) is 6.07 Å². The van der Waals surface area contributed by atoms with E-state index in [9.17, 15) is 8.42 Å². The standard InChI is InChI=1S/C18H27N3O2S/c1-8-21-16(7)17(15(6)20-21)10-19-24(22,23)18-13(4)11(2)9-12(3)14(18)5/h9,19H,8,10H2,1-7H3. The zero-order valence-electron chi connectivity index (χ0n) is 15.6. The van der Waals surface area contributed by atoms with Gasteiger partial charge in [-0.05, 0) is 70.7 Å². The number of aromatic nitrogens is 2. The van der Waals surface area contributed by atoms with Crippen LogP contribution >= 0.6 is 0 Å². The fourth-order valence-corrected chi connectivity index (χ4v) is 4.73. The Morgan fingerprint density at radius 2 is 1.58 bits per heavy atom. The van der Waals surface area contributed by atoms with E-state index in [0.29, 0.717) is 4.90 Å². The number of hydrogen-bond acceptors (Lipinski definition) is 3. The van der Waals surface area contributed by atoms with Gasteiger partial charge in [-0.2, -0.15) is 5.10 Å². The summed E-state index contributed by atoms with van der Waals surface area (Å²) in [5, 5.41) is 4.45. The predicted molar refractivity (Wildman–Crippen MR) is 96.8 cm³/mol. The smallest absolute Gasteiger partial charge is 0.241 e. The van der Waals surface area contributed by atoms with Crippen molar-refractivity contribution in [3.8, 4) is 0 Å². The zero-order chi connectivity index (χ0) is 18.2. The van der Waals surface area contributed by atoms with Gasteiger partial charge in [-0.3, -0.25) is 4.68 Å². The van der Waals surface area contributed by atoms with Crippen molar-refractivity contribution in [1.29, 1.82) is 0 Å². The van der Waals surface area contributed by atoms with E-state index in [0.717, 1.165) is 45.7 Å². The first-order valence-corrected chi connectivity index (χ1v) is 9.68. The van der Waals surface area contributed by atoms with Crippen molar-refractivity contribution in [3.05, 3.63) is 45.3 Å². The third kappa shape index (κ3) is 3.26. The van der Waals surface area contributed by atoms with Gasteiger partial charge >= 0.3 is 0 Å². The number of hydrogen-bond donors (Lipinski definition) is 1. The fourth-order valence-electron chi connectivity index (χ4n) is 3.12. The second-order valence-corrected chi connectivity index (χ2v) is 8.08. The maximum atomic E-state index is 12.9. The van der Waals surface area contributed by atoms with Gasteiger partial charge in [0.25, 0.3) is 0 Å². The van der Waals surface area contributed by atoms with Crippen molar-refractivity contribution >= 4 is 10.0 Å². The van der Waals surface area contributed by atoms with Crippen molar-refractivity contribution in [2.45, 2.75) is 66.5 Å². The molecule has 0 saturated carbocycles. The molecule has 5 nitrogen and oxygen atoms in total. The van der Waals surface area contributed by atoms with E-state index in [-0.39, 0.29) is 6.54 Å². The van der Waals surface area contributed by atoms with Crippen molar-refractivity contribution in [1.82, 2.24) is 14.5 Å². The van der Waals surface area contributed by atoms with Crippen LogP contribution in [-0.4, -0.2) is 18.2 Å². The molecule has 0 spiro atoms. The molecule has 0 radical (unpaired) electrons. The van der Waals surface area contributed by atoms with E-state index in [1.54, 1.807) is 0 Å². The van der Waals surface area contributed by atoms with Crippen LogP contribution in [-0.2, 0) is 23.1 Å². The molecule has 0 bridgehead atoms. The molecule has 132 valence electrons. The Morgan fingerprint density at radius 3 is 2.04 bits per heavy atom. The summed E-state index contributed by atoms with van der Waals surface area (Å²) >= 11 is 0. The van der Waals surface area contributed by atoms with Gasteiger partial charge in [-0.15, -0.1) is 0 Å². The maximum Gasteiger partial charge on any atom is 0.241 e. The highest BCUT2D eigenvalue weighted by atomic mass is 32.2. The first kappa shape index (κ1) is 18.7. The molecule has 24 heavy (non-hydrogen) atoms. The van der Waals surface area contributed by atoms with Crippen LogP contribution in [0.3, 0.4) is 0 Å². The molecule has 0 fully saturated rings. The summed E-state index contributed by atoms with van der Waals surface area (Å²) in [6.45, 7) is 14.6. The minimum atomic E-state index is -3.58. The molecule has 1 heterocycles. The maximum absolute atomic E-state index is 12.9. The lowest BCUT2D eigenvalue weighted by atomic mass is 10.0. The quantitative estimate of drug-likeness (QED) is 0.901. The van der Waals surface area contributed by atoms with Crippen LogP contribution < -0.4 is 4.72 Å². The third-order valence-corrected chi connectivity index (χ3v) is 6.51. The minimum Gasteiger partial charge on any atom is -0.270 e. The monoisotopic (exact) mass is 349 g/mol. The second-order valence-electron chi connectivity index (χ2n) is 6.38. The van der Waals surface area contributed by atoms with Gasteiger partial charge in [0.1, 0.15) is 0 Å². The minimum absolute atomic E-state index is 0.256. The molecule has 0 unspecified atom stereocenters. The Labute approximate surface area is 145 Å². The highest BCUT2D eigenvalue weighted by Gasteiger charge is 2.23. The molecule has 6 heteroatoms. The number of aryl methyl sites for hydroxylation is 4. The van der Waals surface area contributed by atoms with Crippen molar-refractivity contribution in [3.63, 3.8) is 0 Å².